The number of piperazine rings is 1. The van der Waals surface area contributed by atoms with E-state index in [1.54, 1.807) is 0 Å². The van der Waals surface area contributed by atoms with Crippen molar-refractivity contribution in [2.24, 2.45) is 0 Å². The molecule has 0 bridgehead atoms. The Morgan fingerprint density at radius 3 is 2.67 bits per heavy atom. The molecule has 1 atom stereocenters. The molecule has 5 heteroatoms. The van der Waals surface area contributed by atoms with Crippen molar-refractivity contribution in [1.29, 1.82) is 0 Å². The molecule has 5 nitrogen and oxygen atoms in total. The van der Waals surface area contributed by atoms with Crippen LogP contribution in [0.5, 0.6) is 5.75 Å². The van der Waals surface area contributed by atoms with Gasteiger partial charge in [0.1, 0.15) is 12.4 Å². The van der Waals surface area contributed by atoms with Crippen molar-refractivity contribution in [3.63, 3.8) is 0 Å². The lowest BCUT2D eigenvalue weighted by Gasteiger charge is -2.36. The molecule has 1 unspecified atom stereocenters. The van der Waals surface area contributed by atoms with Gasteiger partial charge in [-0.2, -0.15) is 0 Å². The predicted molar refractivity (Wildman–Crippen MR) is 110 cm³/mol. The number of hydrogen-bond acceptors (Lipinski definition) is 5. The average Bonchev–Trinajstić information content (AvgIpc) is 2.74. The minimum Gasteiger partial charge on any atom is -0.490 e. The zero-order valence-electron chi connectivity index (χ0n) is 15.8. The van der Waals surface area contributed by atoms with E-state index in [0.717, 1.165) is 69.1 Å². The molecule has 0 saturated carbocycles. The van der Waals surface area contributed by atoms with Crippen LogP contribution in [0.4, 0.5) is 11.4 Å². The molecule has 4 rings (SSSR count). The highest BCUT2D eigenvalue weighted by Gasteiger charge is 2.18. The first-order valence-corrected chi connectivity index (χ1v) is 10.0. The van der Waals surface area contributed by atoms with E-state index >= 15 is 0 Å². The smallest absolute Gasteiger partial charge is 0.142 e. The lowest BCUT2D eigenvalue weighted by molar-refractivity contribution is 0.154. The van der Waals surface area contributed by atoms with Crippen molar-refractivity contribution in [2.45, 2.75) is 18.9 Å². The number of fused-ring (bicyclic) bond motifs is 1. The molecule has 27 heavy (non-hydrogen) atoms. The fourth-order valence-electron chi connectivity index (χ4n) is 3.91. The fraction of sp³-hybridized carbons (Fsp3) is 0.455. The summed E-state index contributed by atoms with van der Waals surface area (Å²) >= 11 is 0. The molecule has 0 spiro atoms. The standard InChI is InChI=1S/C22H29N3O2/c26-21(18-8-9-22-20(17-18)23-10-16-27-22)7-4-11-24-12-14-25(15-13-24)19-5-2-1-3-6-19/h1-3,5-6,8-9,17,21,23,26H,4,7,10-16H2. The molecule has 2 aromatic rings. The van der Waals surface area contributed by atoms with E-state index in [-0.39, 0.29) is 0 Å². The molecular formula is C22H29N3O2. The van der Waals surface area contributed by atoms with Crippen LogP contribution in [0.1, 0.15) is 24.5 Å². The van der Waals surface area contributed by atoms with Crippen LogP contribution in [0.25, 0.3) is 0 Å². The molecule has 1 saturated heterocycles. The van der Waals surface area contributed by atoms with Gasteiger partial charge in [-0.3, -0.25) is 4.90 Å². The number of rotatable bonds is 6. The largest absolute Gasteiger partial charge is 0.490 e. The first-order valence-electron chi connectivity index (χ1n) is 10.0. The molecule has 2 N–H and O–H groups in total. The maximum absolute atomic E-state index is 10.5. The molecule has 0 aromatic heterocycles. The van der Waals surface area contributed by atoms with Crippen LogP contribution in [0.3, 0.4) is 0 Å². The van der Waals surface area contributed by atoms with E-state index in [4.69, 9.17) is 4.74 Å². The number of nitrogens with zero attached hydrogens (tertiary/aromatic N) is 2. The Labute approximate surface area is 161 Å². The summed E-state index contributed by atoms with van der Waals surface area (Å²) in [6.45, 7) is 6.89. The first kappa shape index (κ1) is 18.1. The molecule has 1 fully saturated rings. The topological polar surface area (TPSA) is 48.0 Å². The molecule has 2 aromatic carbocycles. The van der Waals surface area contributed by atoms with Gasteiger partial charge in [-0.05, 0) is 49.2 Å². The normalized spacial score (nSPS) is 18.3. The molecule has 2 aliphatic rings. The number of anilines is 2. The highest BCUT2D eigenvalue weighted by atomic mass is 16.5. The SMILES string of the molecule is OC(CCCN1CCN(c2ccccc2)CC1)c1ccc2c(c1)NCCO2. The maximum atomic E-state index is 10.5. The molecule has 2 heterocycles. The summed E-state index contributed by atoms with van der Waals surface area (Å²) in [5.41, 5.74) is 3.29. The van der Waals surface area contributed by atoms with Crippen molar-refractivity contribution in [3.05, 3.63) is 54.1 Å². The predicted octanol–water partition coefficient (Wildman–Crippen LogP) is 3.13. The van der Waals surface area contributed by atoms with E-state index in [0.29, 0.717) is 6.61 Å². The number of para-hydroxylation sites is 1. The van der Waals surface area contributed by atoms with Gasteiger partial charge >= 0.3 is 0 Å². The van der Waals surface area contributed by atoms with Gasteiger partial charge in [-0.1, -0.05) is 24.3 Å². The molecule has 0 aliphatic carbocycles. The molecule has 2 aliphatic heterocycles. The van der Waals surface area contributed by atoms with Crippen molar-refractivity contribution in [3.8, 4) is 5.75 Å². The Hall–Kier alpha value is -2.24. The maximum Gasteiger partial charge on any atom is 0.142 e. The Kier molecular flexibility index (Phi) is 5.80. The summed E-state index contributed by atoms with van der Waals surface area (Å²) in [7, 11) is 0. The van der Waals surface area contributed by atoms with Crippen LogP contribution in [-0.2, 0) is 0 Å². The van der Waals surface area contributed by atoms with E-state index < -0.39 is 6.10 Å². The number of aliphatic hydroxyl groups is 1. The van der Waals surface area contributed by atoms with Gasteiger partial charge in [0.25, 0.3) is 0 Å². The van der Waals surface area contributed by atoms with Gasteiger partial charge in [0.15, 0.2) is 0 Å². The van der Waals surface area contributed by atoms with E-state index in [1.165, 1.54) is 5.69 Å². The number of hydrogen-bond donors (Lipinski definition) is 2. The summed E-state index contributed by atoms with van der Waals surface area (Å²) < 4.78 is 5.60. The Balaban J connectivity index is 1.21. The molecule has 0 amide bonds. The Morgan fingerprint density at radius 2 is 1.85 bits per heavy atom. The van der Waals surface area contributed by atoms with Gasteiger partial charge in [0.2, 0.25) is 0 Å². The fourth-order valence-corrected chi connectivity index (χ4v) is 3.91. The van der Waals surface area contributed by atoms with Crippen LogP contribution in [0, 0.1) is 0 Å². The summed E-state index contributed by atoms with van der Waals surface area (Å²) in [6.07, 6.45) is 1.39. The highest BCUT2D eigenvalue weighted by molar-refractivity contribution is 5.59. The van der Waals surface area contributed by atoms with Crippen molar-refractivity contribution in [1.82, 2.24) is 4.90 Å². The molecule has 0 radical (unpaired) electrons. The summed E-state index contributed by atoms with van der Waals surface area (Å²) in [5.74, 6) is 0.883. The van der Waals surface area contributed by atoms with Crippen LogP contribution in [-0.4, -0.2) is 55.9 Å². The van der Waals surface area contributed by atoms with E-state index in [2.05, 4.69) is 45.4 Å². The van der Waals surface area contributed by atoms with Gasteiger partial charge in [-0.25, -0.2) is 0 Å². The van der Waals surface area contributed by atoms with Gasteiger partial charge in [0, 0.05) is 38.4 Å². The molecule has 144 valence electrons. The summed E-state index contributed by atoms with van der Waals surface area (Å²) in [6, 6.07) is 16.6. The van der Waals surface area contributed by atoms with Crippen LogP contribution < -0.4 is 15.0 Å². The monoisotopic (exact) mass is 367 g/mol. The lowest BCUT2D eigenvalue weighted by atomic mass is 10.0. The van der Waals surface area contributed by atoms with Crippen LogP contribution >= 0.6 is 0 Å². The zero-order chi connectivity index (χ0) is 18.5. The lowest BCUT2D eigenvalue weighted by Crippen LogP contribution is -2.46. The van der Waals surface area contributed by atoms with Crippen molar-refractivity contribution >= 4 is 11.4 Å². The second-order valence-electron chi connectivity index (χ2n) is 7.35. The van der Waals surface area contributed by atoms with Gasteiger partial charge < -0.3 is 20.1 Å². The number of nitrogens with one attached hydrogen (secondary N) is 1. The van der Waals surface area contributed by atoms with E-state index in [1.807, 2.05) is 18.2 Å². The van der Waals surface area contributed by atoms with Crippen LogP contribution in [0.2, 0.25) is 0 Å². The second kappa shape index (κ2) is 8.63. The number of aliphatic hydroxyl groups excluding tert-OH is 1. The summed E-state index contributed by atoms with van der Waals surface area (Å²) in [4.78, 5) is 4.96. The van der Waals surface area contributed by atoms with Gasteiger partial charge in [0.05, 0.1) is 11.8 Å². The third kappa shape index (κ3) is 4.54. The second-order valence-corrected chi connectivity index (χ2v) is 7.35. The quantitative estimate of drug-likeness (QED) is 0.821. The number of ether oxygens (including phenoxy) is 1. The minimum atomic E-state index is -0.412. The third-order valence-corrected chi connectivity index (χ3v) is 5.51. The Morgan fingerprint density at radius 1 is 1.04 bits per heavy atom. The zero-order valence-corrected chi connectivity index (χ0v) is 15.8. The van der Waals surface area contributed by atoms with Crippen molar-refractivity contribution < 1.29 is 9.84 Å². The number of benzene rings is 2. The Bertz CT molecular complexity index is 730. The van der Waals surface area contributed by atoms with Crippen LogP contribution in [0.15, 0.2) is 48.5 Å². The van der Waals surface area contributed by atoms with Crippen molar-refractivity contribution in [2.75, 3.05) is 56.1 Å². The first-order chi connectivity index (χ1) is 13.3. The summed E-state index contributed by atoms with van der Waals surface area (Å²) in [5, 5.41) is 13.9. The molecular weight excluding hydrogens is 338 g/mol. The van der Waals surface area contributed by atoms with Gasteiger partial charge in [-0.15, -0.1) is 0 Å². The highest BCUT2D eigenvalue weighted by Crippen LogP contribution is 2.31. The van der Waals surface area contributed by atoms with E-state index in [9.17, 15) is 5.11 Å². The third-order valence-electron chi connectivity index (χ3n) is 5.51. The minimum absolute atomic E-state index is 0.412. The average molecular weight is 367 g/mol.